The summed E-state index contributed by atoms with van der Waals surface area (Å²) in [6.07, 6.45) is 4.24. The van der Waals surface area contributed by atoms with Crippen molar-refractivity contribution in [3.8, 4) is 16.9 Å². The van der Waals surface area contributed by atoms with Crippen molar-refractivity contribution in [2.45, 2.75) is 18.9 Å². The second kappa shape index (κ2) is 5.57. The summed E-state index contributed by atoms with van der Waals surface area (Å²) in [5.74, 6) is 3.65. The van der Waals surface area contributed by atoms with Gasteiger partial charge in [0.15, 0.2) is 0 Å². The van der Waals surface area contributed by atoms with E-state index in [4.69, 9.17) is 15.0 Å². The van der Waals surface area contributed by atoms with Gasteiger partial charge in [0.25, 0.3) is 0 Å². The Balaban J connectivity index is 1.70. The van der Waals surface area contributed by atoms with E-state index in [2.05, 4.69) is 5.16 Å². The first-order chi connectivity index (χ1) is 9.33. The number of nitrogens with two attached hydrogens (primary N) is 1. The van der Waals surface area contributed by atoms with Gasteiger partial charge in [-0.2, -0.15) is 11.8 Å². The molecule has 1 aliphatic heterocycles. The molecule has 0 unspecified atom stereocenters. The Morgan fingerprint density at radius 1 is 1.21 bits per heavy atom. The van der Waals surface area contributed by atoms with Crippen molar-refractivity contribution in [1.82, 2.24) is 5.16 Å². The summed E-state index contributed by atoms with van der Waals surface area (Å²) >= 11 is 2.00. The predicted molar refractivity (Wildman–Crippen MR) is 77.3 cm³/mol. The van der Waals surface area contributed by atoms with Gasteiger partial charge in [0.1, 0.15) is 11.9 Å². The summed E-state index contributed by atoms with van der Waals surface area (Å²) in [6.45, 7) is 0. The van der Waals surface area contributed by atoms with Gasteiger partial charge in [-0.05, 0) is 42.0 Å². The Morgan fingerprint density at radius 2 is 1.95 bits per heavy atom. The van der Waals surface area contributed by atoms with Crippen molar-refractivity contribution < 1.29 is 9.26 Å². The van der Waals surface area contributed by atoms with E-state index in [-0.39, 0.29) is 0 Å². The molecular formula is C14H16N2O2S. The second-order valence-electron chi connectivity index (χ2n) is 4.56. The third-order valence-corrected chi connectivity index (χ3v) is 4.28. The fraction of sp³-hybridized carbons (Fsp3) is 0.357. The molecule has 0 spiro atoms. The van der Waals surface area contributed by atoms with Crippen LogP contribution in [0.15, 0.2) is 35.0 Å². The van der Waals surface area contributed by atoms with Crippen molar-refractivity contribution >= 4 is 17.6 Å². The van der Waals surface area contributed by atoms with Gasteiger partial charge >= 0.3 is 0 Å². The van der Waals surface area contributed by atoms with Gasteiger partial charge in [-0.15, -0.1) is 0 Å². The number of anilines is 1. The van der Waals surface area contributed by atoms with Crippen LogP contribution >= 0.6 is 11.8 Å². The van der Waals surface area contributed by atoms with Crippen LogP contribution in [0.2, 0.25) is 0 Å². The van der Waals surface area contributed by atoms with E-state index < -0.39 is 0 Å². The number of rotatable bonds is 3. The highest BCUT2D eigenvalue weighted by Crippen LogP contribution is 2.28. The van der Waals surface area contributed by atoms with Crippen LogP contribution in [0, 0.1) is 0 Å². The summed E-state index contributed by atoms with van der Waals surface area (Å²) in [5, 5.41) is 3.68. The quantitative estimate of drug-likeness (QED) is 0.932. The first-order valence-corrected chi connectivity index (χ1v) is 7.53. The minimum Gasteiger partial charge on any atom is -0.490 e. The summed E-state index contributed by atoms with van der Waals surface area (Å²) in [5.41, 5.74) is 7.51. The van der Waals surface area contributed by atoms with Crippen LogP contribution in [-0.2, 0) is 0 Å². The number of hydrogen-bond acceptors (Lipinski definition) is 5. The Morgan fingerprint density at radius 3 is 2.58 bits per heavy atom. The fourth-order valence-electron chi connectivity index (χ4n) is 2.16. The van der Waals surface area contributed by atoms with Gasteiger partial charge in [-0.25, -0.2) is 0 Å². The predicted octanol–water partition coefficient (Wildman–Crippen LogP) is 3.20. The first kappa shape index (κ1) is 12.4. The highest BCUT2D eigenvalue weighted by Gasteiger charge is 2.15. The Bertz CT molecular complexity index is 533. The molecule has 100 valence electrons. The van der Waals surface area contributed by atoms with E-state index in [1.54, 1.807) is 6.20 Å². The van der Waals surface area contributed by atoms with Crippen LogP contribution in [0.1, 0.15) is 12.8 Å². The summed E-state index contributed by atoms with van der Waals surface area (Å²) in [4.78, 5) is 0. The monoisotopic (exact) mass is 276 g/mol. The zero-order valence-corrected chi connectivity index (χ0v) is 11.4. The van der Waals surface area contributed by atoms with Gasteiger partial charge in [0.05, 0.1) is 11.8 Å². The fourth-order valence-corrected chi connectivity index (χ4v) is 3.23. The molecule has 5 heteroatoms. The van der Waals surface area contributed by atoms with E-state index in [1.165, 1.54) is 11.5 Å². The van der Waals surface area contributed by atoms with Gasteiger partial charge in [-0.1, -0.05) is 17.3 Å². The number of ether oxygens (including phenoxy) is 1. The zero-order valence-electron chi connectivity index (χ0n) is 10.5. The lowest BCUT2D eigenvalue weighted by molar-refractivity contribution is 0.192. The molecule has 1 aromatic carbocycles. The molecule has 1 aromatic heterocycles. The third-order valence-electron chi connectivity index (χ3n) is 3.23. The van der Waals surface area contributed by atoms with Crippen LogP contribution in [0.3, 0.4) is 0 Å². The number of hydrogen-bond donors (Lipinski definition) is 1. The Kier molecular flexibility index (Phi) is 3.64. The molecule has 1 aliphatic rings. The van der Waals surface area contributed by atoms with Crippen LogP contribution < -0.4 is 10.5 Å². The molecule has 2 heterocycles. The number of nitrogens with zero attached hydrogens (tertiary/aromatic N) is 1. The smallest absolute Gasteiger partial charge is 0.229 e. The molecule has 1 saturated heterocycles. The molecule has 0 saturated carbocycles. The van der Waals surface area contributed by atoms with Gasteiger partial charge in [0.2, 0.25) is 5.88 Å². The molecule has 1 fully saturated rings. The maximum atomic E-state index is 5.97. The molecule has 0 amide bonds. The minimum atomic E-state index is 0.345. The number of thioether (sulfide) groups is 1. The topological polar surface area (TPSA) is 61.3 Å². The molecule has 3 rings (SSSR count). The van der Waals surface area contributed by atoms with E-state index in [0.717, 1.165) is 29.7 Å². The van der Waals surface area contributed by atoms with Crippen molar-refractivity contribution in [2.24, 2.45) is 0 Å². The maximum Gasteiger partial charge on any atom is 0.229 e. The normalized spacial score (nSPS) is 16.4. The van der Waals surface area contributed by atoms with Crippen molar-refractivity contribution in [2.75, 3.05) is 17.2 Å². The first-order valence-electron chi connectivity index (χ1n) is 6.38. The molecule has 0 bridgehead atoms. The van der Waals surface area contributed by atoms with E-state index in [0.29, 0.717) is 12.0 Å². The highest BCUT2D eigenvalue weighted by molar-refractivity contribution is 7.99. The highest BCUT2D eigenvalue weighted by atomic mass is 32.2. The van der Waals surface area contributed by atoms with Crippen molar-refractivity contribution in [1.29, 1.82) is 0 Å². The Labute approximate surface area is 116 Å². The van der Waals surface area contributed by atoms with Gasteiger partial charge in [0, 0.05) is 0 Å². The van der Waals surface area contributed by atoms with E-state index in [1.807, 2.05) is 36.0 Å². The van der Waals surface area contributed by atoms with Crippen molar-refractivity contribution in [3.63, 3.8) is 0 Å². The molecule has 0 atom stereocenters. The number of nitrogen functional groups attached to an aromatic ring is 1. The third kappa shape index (κ3) is 2.87. The minimum absolute atomic E-state index is 0.345. The summed E-state index contributed by atoms with van der Waals surface area (Å²) < 4.78 is 10.8. The van der Waals surface area contributed by atoms with Crippen LogP contribution in [0.5, 0.6) is 5.75 Å². The zero-order chi connectivity index (χ0) is 13.1. The second-order valence-corrected chi connectivity index (χ2v) is 5.78. The average Bonchev–Trinajstić information content (AvgIpc) is 2.87. The van der Waals surface area contributed by atoms with Crippen LogP contribution in [-0.4, -0.2) is 22.8 Å². The van der Waals surface area contributed by atoms with Crippen LogP contribution in [0.4, 0.5) is 5.88 Å². The molecular weight excluding hydrogens is 260 g/mol. The Hall–Kier alpha value is -1.62. The number of benzene rings is 1. The molecule has 0 radical (unpaired) electrons. The van der Waals surface area contributed by atoms with E-state index >= 15 is 0 Å². The lowest BCUT2D eigenvalue weighted by atomic mass is 10.1. The summed E-state index contributed by atoms with van der Waals surface area (Å²) in [6, 6.07) is 7.92. The lowest BCUT2D eigenvalue weighted by Crippen LogP contribution is -2.21. The standard InChI is InChI=1S/C14H16N2O2S/c15-14-13(9-16-18-14)10-1-3-11(4-2-10)17-12-5-7-19-8-6-12/h1-4,9,12H,5-8,15H2. The largest absolute Gasteiger partial charge is 0.490 e. The van der Waals surface area contributed by atoms with Gasteiger partial charge in [-0.3, -0.25) is 0 Å². The average molecular weight is 276 g/mol. The molecule has 2 aromatic rings. The SMILES string of the molecule is Nc1oncc1-c1ccc(OC2CCSCC2)cc1. The molecule has 19 heavy (non-hydrogen) atoms. The molecule has 0 aliphatic carbocycles. The van der Waals surface area contributed by atoms with Gasteiger partial charge < -0.3 is 15.0 Å². The number of aromatic nitrogens is 1. The lowest BCUT2D eigenvalue weighted by Gasteiger charge is -2.22. The van der Waals surface area contributed by atoms with E-state index in [9.17, 15) is 0 Å². The summed E-state index contributed by atoms with van der Waals surface area (Å²) in [7, 11) is 0. The van der Waals surface area contributed by atoms with Crippen molar-refractivity contribution in [3.05, 3.63) is 30.5 Å². The maximum absolute atomic E-state index is 5.97. The van der Waals surface area contributed by atoms with Crippen LogP contribution in [0.25, 0.3) is 11.1 Å². The molecule has 2 N–H and O–H groups in total. The molecule has 4 nitrogen and oxygen atoms in total.